The van der Waals surface area contributed by atoms with Crippen LogP contribution in [0.1, 0.15) is 51.2 Å². The third-order valence-corrected chi connectivity index (χ3v) is 2.98. The van der Waals surface area contributed by atoms with E-state index in [1.807, 2.05) is 13.8 Å². The van der Waals surface area contributed by atoms with E-state index in [4.69, 9.17) is 4.52 Å². The van der Waals surface area contributed by atoms with E-state index in [-0.39, 0.29) is 12.5 Å². The number of amides is 1. The monoisotopic (exact) mass is 264 g/mol. The summed E-state index contributed by atoms with van der Waals surface area (Å²) in [7, 11) is 0. The molecule has 1 amide bonds. The number of nitriles is 1. The van der Waals surface area contributed by atoms with Crippen molar-refractivity contribution in [3.8, 4) is 6.07 Å². The van der Waals surface area contributed by atoms with Gasteiger partial charge in [0.05, 0.1) is 12.6 Å². The highest BCUT2D eigenvalue weighted by Crippen LogP contribution is 2.29. The first-order valence-electron chi connectivity index (χ1n) is 6.56. The van der Waals surface area contributed by atoms with Gasteiger partial charge in [0, 0.05) is 6.92 Å². The third-order valence-electron chi connectivity index (χ3n) is 2.98. The van der Waals surface area contributed by atoms with Crippen LogP contribution in [0.15, 0.2) is 4.52 Å². The fraction of sp³-hybridized carbons (Fsp3) is 0.692. The average Bonchev–Trinajstić information content (AvgIpc) is 2.81. The van der Waals surface area contributed by atoms with E-state index in [0.29, 0.717) is 24.6 Å². The molecular weight excluding hydrogens is 244 g/mol. The lowest BCUT2D eigenvalue weighted by Crippen LogP contribution is -2.40. The van der Waals surface area contributed by atoms with Crippen LogP contribution < -0.4 is 5.32 Å². The molecule has 104 valence electrons. The Hall–Kier alpha value is -1.90. The zero-order valence-electron chi connectivity index (χ0n) is 11.7. The maximum absolute atomic E-state index is 12.2. The second kappa shape index (κ2) is 6.88. The van der Waals surface area contributed by atoms with Gasteiger partial charge in [-0.15, -0.1) is 0 Å². The van der Waals surface area contributed by atoms with Gasteiger partial charge in [0.25, 0.3) is 0 Å². The molecule has 0 aliphatic rings. The summed E-state index contributed by atoms with van der Waals surface area (Å²) >= 11 is 0. The smallest absolute Gasteiger partial charge is 0.240 e. The highest BCUT2D eigenvalue weighted by molar-refractivity contribution is 5.85. The van der Waals surface area contributed by atoms with Gasteiger partial charge in [-0.25, -0.2) is 0 Å². The molecule has 1 aromatic heterocycles. The predicted molar refractivity (Wildman–Crippen MR) is 68.7 cm³/mol. The van der Waals surface area contributed by atoms with Crippen LogP contribution in [0.4, 0.5) is 0 Å². The quantitative estimate of drug-likeness (QED) is 0.814. The molecular formula is C13H20N4O2. The summed E-state index contributed by atoms with van der Waals surface area (Å²) in [6, 6.07) is 2.18. The first kappa shape index (κ1) is 15.2. The molecule has 1 heterocycles. The summed E-state index contributed by atoms with van der Waals surface area (Å²) < 4.78 is 4.83. The number of aromatic nitrogens is 2. The van der Waals surface area contributed by atoms with Crippen molar-refractivity contribution < 1.29 is 9.32 Å². The van der Waals surface area contributed by atoms with Crippen molar-refractivity contribution in [2.75, 3.05) is 0 Å². The third kappa shape index (κ3) is 3.78. The van der Waals surface area contributed by atoms with Crippen LogP contribution in [0.25, 0.3) is 0 Å². The number of carbonyl (C=O) groups excluding carboxylic acids is 1. The molecule has 0 radical (unpaired) electrons. The number of hydrogen-bond acceptors (Lipinski definition) is 5. The highest BCUT2D eigenvalue weighted by atomic mass is 16.5. The van der Waals surface area contributed by atoms with Crippen molar-refractivity contribution in [1.29, 1.82) is 5.26 Å². The molecule has 0 fully saturated rings. The summed E-state index contributed by atoms with van der Waals surface area (Å²) in [6.45, 7) is 5.81. The lowest BCUT2D eigenvalue weighted by atomic mass is 9.80. The summed E-state index contributed by atoms with van der Waals surface area (Å²) in [5.74, 6) is 0.629. The predicted octanol–water partition coefficient (Wildman–Crippen LogP) is 2.10. The van der Waals surface area contributed by atoms with E-state index in [0.717, 1.165) is 12.8 Å². The van der Waals surface area contributed by atoms with E-state index < -0.39 is 5.41 Å². The summed E-state index contributed by atoms with van der Waals surface area (Å²) in [4.78, 5) is 16.2. The van der Waals surface area contributed by atoms with Crippen molar-refractivity contribution in [2.45, 2.75) is 53.0 Å². The Morgan fingerprint density at radius 3 is 2.47 bits per heavy atom. The fourth-order valence-electron chi connectivity index (χ4n) is 2.11. The molecule has 0 aliphatic heterocycles. The van der Waals surface area contributed by atoms with Crippen molar-refractivity contribution in [3.05, 3.63) is 11.7 Å². The van der Waals surface area contributed by atoms with Gasteiger partial charge in [-0.1, -0.05) is 31.8 Å². The maximum Gasteiger partial charge on any atom is 0.240 e. The zero-order chi connectivity index (χ0) is 14.3. The fourth-order valence-corrected chi connectivity index (χ4v) is 2.11. The van der Waals surface area contributed by atoms with Crippen molar-refractivity contribution in [2.24, 2.45) is 5.41 Å². The molecule has 0 spiro atoms. The summed E-state index contributed by atoms with van der Waals surface area (Å²) in [5, 5.41) is 15.8. The van der Waals surface area contributed by atoms with E-state index >= 15 is 0 Å². The minimum Gasteiger partial charge on any atom is -0.347 e. The molecule has 0 saturated carbocycles. The van der Waals surface area contributed by atoms with Gasteiger partial charge < -0.3 is 9.84 Å². The average molecular weight is 264 g/mol. The van der Waals surface area contributed by atoms with Gasteiger partial charge >= 0.3 is 0 Å². The van der Waals surface area contributed by atoms with Gasteiger partial charge in [0.1, 0.15) is 5.41 Å². The molecule has 19 heavy (non-hydrogen) atoms. The largest absolute Gasteiger partial charge is 0.347 e. The van der Waals surface area contributed by atoms with Crippen LogP contribution in [0.2, 0.25) is 0 Å². The van der Waals surface area contributed by atoms with Crippen LogP contribution >= 0.6 is 0 Å². The molecule has 6 nitrogen and oxygen atoms in total. The lowest BCUT2D eigenvalue weighted by Gasteiger charge is -2.24. The van der Waals surface area contributed by atoms with Gasteiger partial charge in [-0.05, 0) is 12.8 Å². The number of nitrogens with zero attached hydrogens (tertiary/aromatic N) is 3. The summed E-state index contributed by atoms with van der Waals surface area (Å²) in [6.07, 6.45) is 2.72. The highest BCUT2D eigenvalue weighted by Gasteiger charge is 2.36. The molecule has 1 N–H and O–H groups in total. The number of carbonyl (C=O) groups is 1. The lowest BCUT2D eigenvalue weighted by molar-refractivity contribution is -0.129. The van der Waals surface area contributed by atoms with Gasteiger partial charge in [0.2, 0.25) is 11.8 Å². The molecule has 1 aromatic rings. The molecule has 0 aromatic carbocycles. The molecule has 0 saturated heterocycles. The Kier molecular flexibility index (Phi) is 5.49. The van der Waals surface area contributed by atoms with Crippen LogP contribution in [-0.2, 0) is 11.3 Å². The van der Waals surface area contributed by atoms with Crippen molar-refractivity contribution in [3.63, 3.8) is 0 Å². The van der Waals surface area contributed by atoms with E-state index in [1.54, 1.807) is 6.92 Å². The van der Waals surface area contributed by atoms with Gasteiger partial charge in [-0.3, -0.25) is 4.79 Å². The van der Waals surface area contributed by atoms with Gasteiger partial charge in [0.15, 0.2) is 5.82 Å². The molecule has 0 aliphatic carbocycles. The minimum absolute atomic E-state index is 0.188. The topological polar surface area (TPSA) is 91.8 Å². The number of rotatable bonds is 7. The number of nitrogens with one attached hydrogen (secondary N) is 1. The first-order chi connectivity index (χ1) is 9.07. The standard InChI is InChI=1S/C13H20N4O2/c1-4-6-13(9-14,7-5-2)12(18)15-8-11-16-10(3)19-17-11/h4-8H2,1-3H3,(H,15,18). The Balaban J connectivity index is 2.69. The van der Waals surface area contributed by atoms with Crippen LogP contribution in [0.3, 0.4) is 0 Å². The van der Waals surface area contributed by atoms with Crippen LogP contribution in [0, 0.1) is 23.7 Å². The SMILES string of the molecule is CCCC(C#N)(CCC)C(=O)NCc1noc(C)n1. The Labute approximate surface area is 113 Å². The molecule has 0 unspecified atom stereocenters. The van der Waals surface area contributed by atoms with Crippen molar-refractivity contribution in [1.82, 2.24) is 15.5 Å². The number of aryl methyl sites for hydroxylation is 1. The minimum atomic E-state index is -0.942. The molecule has 1 rings (SSSR count). The van der Waals surface area contributed by atoms with Crippen LogP contribution in [-0.4, -0.2) is 16.0 Å². The summed E-state index contributed by atoms with van der Waals surface area (Å²) in [5.41, 5.74) is -0.942. The first-order valence-corrected chi connectivity index (χ1v) is 6.56. The molecule has 0 atom stereocenters. The van der Waals surface area contributed by atoms with Crippen molar-refractivity contribution >= 4 is 5.91 Å². The van der Waals surface area contributed by atoms with E-state index in [9.17, 15) is 10.1 Å². The Morgan fingerprint density at radius 2 is 2.05 bits per heavy atom. The normalized spacial score (nSPS) is 11.1. The second-order valence-corrected chi connectivity index (χ2v) is 4.61. The Bertz CT molecular complexity index is 455. The van der Waals surface area contributed by atoms with E-state index in [2.05, 4.69) is 21.5 Å². The Morgan fingerprint density at radius 1 is 1.42 bits per heavy atom. The number of hydrogen-bond donors (Lipinski definition) is 1. The molecule has 6 heteroatoms. The molecule has 0 bridgehead atoms. The van der Waals surface area contributed by atoms with Crippen LogP contribution in [0.5, 0.6) is 0 Å². The maximum atomic E-state index is 12.2. The van der Waals surface area contributed by atoms with Gasteiger partial charge in [-0.2, -0.15) is 10.2 Å². The zero-order valence-corrected chi connectivity index (χ0v) is 11.7. The van der Waals surface area contributed by atoms with E-state index in [1.165, 1.54) is 0 Å². The second-order valence-electron chi connectivity index (χ2n) is 4.61.